The zero-order valence-corrected chi connectivity index (χ0v) is 12.9. The molecule has 0 bridgehead atoms. The minimum absolute atomic E-state index is 0.00214. The van der Waals surface area contributed by atoms with Gasteiger partial charge in [0.1, 0.15) is 18.1 Å². The zero-order valence-electron chi connectivity index (χ0n) is 12.9. The van der Waals surface area contributed by atoms with Crippen LogP contribution in [-0.2, 0) is 0 Å². The number of nitrogens with zero attached hydrogens (tertiary/aromatic N) is 2. The lowest BCUT2D eigenvalue weighted by Crippen LogP contribution is -2.46. The topological polar surface area (TPSA) is 62.7 Å². The summed E-state index contributed by atoms with van der Waals surface area (Å²) in [4.78, 5) is 18.6. The summed E-state index contributed by atoms with van der Waals surface area (Å²) < 4.78 is 5.77. The zero-order chi connectivity index (χ0) is 16.1. The van der Waals surface area contributed by atoms with Gasteiger partial charge in [-0.25, -0.2) is 0 Å². The second kappa shape index (κ2) is 7.13. The van der Waals surface area contributed by atoms with Crippen LogP contribution in [0, 0.1) is 0 Å². The molecule has 5 heteroatoms. The van der Waals surface area contributed by atoms with Gasteiger partial charge in [0.25, 0.3) is 5.91 Å². The van der Waals surface area contributed by atoms with Gasteiger partial charge in [-0.3, -0.25) is 9.78 Å². The van der Waals surface area contributed by atoms with Crippen LogP contribution in [-0.4, -0.2) is 40.1 Å². The molecule has 1 aliphatic heterocycles. The highest BCUT2D eigenvalue weighted by Crippen LogP contribution is 2.22. The number of pyridine rings is 1. The van der Waals surface area contributed by atoms with Crippen LogP contribution >= 0.6 is 0 Å². The second-order valence-corrected chi connectivity index (χ2v) is 5.70. The molecule has 2 heterocycles. The number of phenolic OH excluding ortho intramolecular Hbond substituents is 1. The summed E-state index contributed by atoms with van der Waals surface area (Å²) in [5, 5.41) is 9.49. The lowest BCUT2D eigenvalue weighted by Gasteiger charge is -2.35. The Labute approximate surface area is 135 Å². The highest BCUT2D eigenvalue weighted by atomic mass is 16.5. The van der Waals surface area contributed by atoms with E-state index in [1.54, 1.807) is 48.8 Å². The molecule has 0 spiro atoms. The third kappa shape index (κ3) is 3.80. The summed E-state index contributed by atoms with van der Waals surface area (Å²) in [6, 6.07) is 10.3. The van der Waals surface area contributed by atoms with Crippen LogP contribution in [0.2, 0.25) is 0 Å². The van der Waals surface area contributed by atoms with Crippen LogP contribution in [0.5, 0.6) is 11.5 Å². The Balaban J connectivity index is 1.68. The smallest absolute Gasteiger partial charge is 0.255 e. The average molecular weight is 312 g/mol. The van der Waals surface area contributed by atoms with Gasteiger partial charge >= 0.3 is 0 Å². The van der Waals surface area contributed by atoms with Crippen LogP contribution < -0.4 is 4.74 Å². The molecule has 1 atom stereocenters. The fourth-order valence-corrected chi connectivity index (χ4v) is 2.86. The molecule has 1 aliphatic rings. The molecule has 1 N–H and O–H groups in total. The summed E-state index contributed by atoms with van der Waals surface area (Å²) in [6.07, 6.45) is 6.28. The summed E-state index contributed by atoms with van der Waals surface area (Å²) in [6.45, 7) is 1.16. The number of aromatic nitrogens is 1. The molecular formula is C18H20N2O3. The van der Waals surface area contributed by atoms with E-state index in [1.165, 1.54) is 0 Å². The normalized spacial score (nSPS) is 17.7. The maximum atomic E-state index is 12.7. The van der Waals surface area contributed by atoms with Gasteiger partial charge in [-0.15, -0.1) is 0 Å². The van der Waals surface area contributed by atoms with E-state index in [0.29, 0.717) is 17.9 Å². The number of amides is 1. The summed E-state index contributed by atoms with van der Waals surface area (Å²) in [5.74, 6) is 0.793. The molecule has 3 rings (SSSR count). The minimum Gasteiger partial charge on any atom is -0.508 e. The van der Waals surface area contributed by atoms with Crippen molar-refractivity contribution < 1.29 is 14.6 Å². The maximum Gasteiger partial charge on any atom is 0.255 e. The number of rotatable bonds is 4. The van der Waals surface area contributed by atoms with Crippen molar-refractivity contribution in [1.29, 1.82) is 0 Å². The van der Waals surface area contributed by atoms with Gasteiger partial charge in [-0.1, -0.05) is 6.07 Å². The molecule has 1 amide bonds. The van der Waals surface area contributed by atoms with Gasteiger partial charge < -0.3 is 14.7 Å². The molecule has 23 heavy (non-hydrogen) atoms. The van der Waals surface area contributed by atoms with E-state index in [4.69, 9.17) is 4.74 Å². The van der Waals surface area contributed by atoms with Crippen molar-refractivity contribution in [2.75, 3.05) is 13.2 Å². The molecule has 120 valence electrons. The number of likely N-dealkylation sites (tertiary alicyclic amines) is 1. The predicted octanol–water partition coefficient (Wildman–Crippen LogP) is 2.86. The third-order valence-corrected chi connectivity index (χ3v) is 4.06. The lowest BCUT2D eigenvalue weighted by molar-refractivity contribution is 0.0528. The van der Waals surface area contributed by atoms with Crippen LogP contribution in [0.15, 0.2) is 48.8 Å². The number of carbonyl (C=O) groups excluding carboxylic acids is 1. The summed E-state index contributed by atoms with van der Waals surface area (Å²) in [7, 11) is 0. The van der Waals surface area contributed by atoms with E-state index in [0.717, 1.165) is 25.8 Å². The maximum absolute atomic E-state index is 12.7. The second-order valence-electron chi connectivity index (χ2n) is 5.70. The van der Waals surface area contributed by atoms with Crippen LogP contribution in [0.25, 0.3) is 0 Å². The highest BCUT2D eigenvalue weighted by molar-refractivity contribution is 5.94. The standard InChI is InChI=1S/C18H20N2O3/c21-16-7-3-8-17(11-16)23-13-15-6-1-2-10-20(15)18(22)14-5-4-9-19-12-14/h3-5,7-9,11-12,15,21H,1-2,6,10,13H2. The molecule has 1 saturated heterocycles. The first kappa shape index (κ1) is 15.3. The molecule has 1 fully saturated rings. The molecule has 1 unspecified atom stereocenters. The molecule has 0 saturated carbocycles. The molecule has 0 aliphatic carbocycles. The van der Waals surface area contributed by atoms with Gasteiger partial charge in [0.15, 0.2) is 0 Å². The monoisotopic (exact) mass is 312 g/mol. The van der Waals surface area contributed by atoms with E-state index in [9.17, 15) is 9.90 Å². The number of hydrogen-bond acceptors (Lipinski definition) is 4. The van der Waals surface area contributed by atoms with Crippen molar-refractivity contribution in [3.8, 4) is 11.5 Å². The molecule has 1 aromatic heterocycles. The average Bonchev–Trinajstić information content (AvgIpc) is 2.60. The first-order valence-corrected chi connectivity index (χ1v) is 7.87. The van der Waals surface area contributed by atoms with Gasteiger partial charge in [-0.05, 0) is 43.5 Å². The van der Waals surface area contributed by atoms with Crippen LogP contribution in [0.4, 0.5) is 0 Å². The number of phenols is 1. The SMILES string of the molecule is O=C(c1cccnc1)N1CCCCC1COc1cccc(O)c1. The van der Waals surface area contributed by atoms with E-state index in [2.05, 4.69) is 4.98 Å². The molecule has 2 aromatic rings. The largest absolute Gasteiger partial charge is 0.508 e. The Morgan fingerprint density at radius 1 is 1.30 bits per heavy atom. The van der Waals surface area contributed by atoms with Crippen molar-refractivity contribution in [1.82, 2.24) is 9.88 Å². The summed E-state index contributed by atoms with van der Waals surface area (Å²) >= 11 is 0. The van der Waals surface area contributed by atoms with Crippen molar-refractivity contribution in [2.45, 2.75) is 25.3 Å². The molecule has 0 radical (unpaired) electrons. The number of carbonyl (C=O) groups is 1. The molecule has 5 nitrogen and oxygen atoms in total. The van der Waals surface area contributed by atoms with E-state index in [-0.39, 0.29) is 17.7 Å². The fourth-order valence-electron chi connectivity index (χ4n) is 2.86. The molecule has 1 aromatic carbocycles. The number of benzene rings is 1. The van der Waals surface area contributed by atoms with Crippen molar-refractivity contribution >= 4 is 5.91 Å². The quantitative estimate of drug-likeness (QED) is 0.943. The van der Waals surface area contributed by atoms with Crippen molar-refractivity contribution in [2.24, 2.45) is 0 Å². The molecular weight excluding hydrogens is 292 g/mol. The Kier molecular flexibility index (Phi) is 4.76. The predicted molar refractivity (Wildman–Crippen MR) is 86.5 cm³/mol. The number of aromatic hydroxyl groups is 1. The van der Waals surface area contributed by atoms with Crippen LogP contribution in [0.1, 0.15) is 29.6 Å². The Hall–Kier alpha value is -2.56. The van der Waals surface area contributed by atoms with E-state index in [1.807, 2.05) is 4.90 Å². The van der Waals surface area contributed by atoms with Gasteiger partial charge in [0.2, 0.25) is 0 Å². The Morgan fingerprint density at radius 3 is 3.00 bits per heavy atom. The van der Waals surface area contributed by atoms with Gasteiger partial charge in [0, 0.05) is 25.0 Å². The number of piperidine rings is 1. The fraction of sp³-hybridized carbons (Fsp3) is 0.333. The third-order valence-electron chi connectivity index (χ3n) is 4.06. The van der Waals surface area contributed by atoms with Crippen LogP contribution in [0.3, 0.4) is 0 Å². The first-order valence-electron chi connectivity index (χ1n) is 7.87. The lowest BCUT2D eigenvalue weighted by atomic mass is 10.0. The van der Waals surface area contributed by atoms with E-state index < -0.39 is 0 Å². The number of ether oxygens (including phenoxy) is 1. The first-order chi connectivity index (χ1) is 11.2. The van der Waals surface area contributed by atoms with Gasteiger partial charge in [-0.2, -0.15) is 0 Å². The minimum atomic E-state index is 0.00214. The Bertz CT molecular complexity index is 660. The summed E-state index contributed by atoms with van der Waals surface area (Å²) in [5.41, 5.74) is 0.608. The van der Waals surface area contributed by atoms with Gasteiger partial charge in [0.05, 0.1) is 11.6 Å². The highest BCUT2D eigenvalue weighted by Gasteiger charge is 2.28. The Morgan fingerprint density at radius 2 is 2.22 bits per heavy atom. The number of hydrogen-bond donors (Lipinski definition) is 1. The van der Waals surface area contributed by atoms with Crippen molar-refractivity contribution in [3.05, 3.63) is 54.4 Å². The van der Waals surface area contributed by atoms with Crippen molar-refractivity contribution in [3.63, 3.8) is 0 Å². The van der Waals surface area contributed by atoms with E-state index >= 15 is 0 Å².